The number of nitrogens with zero attached hydrogens (tertiary/aromatic N) is 6. The fourth-order valence-electron chi connectivity index (χ4n) is 3.94. The third-order valence-corrected chi connectivity index (χ3v) is 6.49. The molecular formula is C28H44N6O6+2. The SMILES string of the molecule is CCN1C(=O)\C(=C/C=C(C)/C=C/c2c(O)n(CC[N+](C)(C)C)c(=O)n(CC)c2=O)C(=O)N(CC[N+](C)(C)C)C1=O. The molecular weight excluding hydrogens is 516 g/mol. The Morgan fingerprint density at radius 3 is 1.88 bits per heavy atom. The average Bonchev–Trinajstić information content (AvgIpc) is 2.82. The Labute approximate surface area is 235 Å². The van der Waals surface area contributed by atoms with Crippen LogP contribution in [0.2, 0.25) is 0 Å². The Morgan fingerprint density at radius 1 is 0.800 bits per heavy atom. The zero-order chi connectivity index (χ0) is 30.6. The number of likely N-dealkylation sites (N-methyl/N-ethyl adjacent to an activating group) is 3. The number of hydrogen-bond donors (Lipinski definition) is 1. The first-order chi connectivity index (χ1) is 18.4. The Kier molecular flexibility index (Phi) is 10.2. The number of aromatic hydroxyl groups is 1. The van der Waals surface area contributed by atoms with Gasteiger partial charge in [-0.2, -0.15) is 0 Å². The number of carbonyl (C=O) groups is 3. The predicted molar refractivity (Wildman–Crippen MR) is 153 cm³/mol. The van der Waals surface area contributed by atoms with Crippen molar-refractivity contribution in [3.05, 3.63) is 55.8 Å². The lowest BCUT2D eigenvalue weighted by atomic mass is 10.1. The molecule has 1 saturated heterocycles. The van der Waals surface area contributed by atoms with Crippen molar-refractivity contribution in [2.75, 3.05) is 68.5 Å². The molecule has 0 unspecified atom stereocenters. The van der Waals surface area contributed by atoms with Crippen LogP contribution in [0.3, 0.4) is 0 Å². The molecule has 2 rings (SSSR count). The molecule has 1 N–H and O–H groups in total. The summed E-state index contributed by atoms with van der Waals surface area (Å²) in [7, 11) is 11.7. The fourth-order valence-corrected chi connectivity index (χ4v) is 3.94. The molecule has 40 heavy (non-hydrogen) atoms. The van der Waals surface area contributed by atoms with Gasteiger partial charge in [-0.15, -0.1) is 0 Å². The highest BCUT2D eigenvalue weighted by atomic mass is 16.3. The van der Waals surface area contributed by atoms with Crippen LogP contribution < -0.4 is 11.2 Å². The molecule has 0 aromatic carbocycles. The van der Waals surface area contributed by atoms with Gasteiger partial charge in [0.15, 0.2) is 0 Å². The van der Waals surface area contributed by atoms with Crippen molar-refractivity contribution in [2.45, 2.75) is 33.9 Å². The Balaban J connectivity index is 2.45. The molecule has 1 aliphatic heterocycles. The summed E-state index contributed by atoms with van der Waals surface area (Å²) in [5.41, 5.74) is -0.803. The maximum Gasteiger partial charge on any atom is 0.334 e. The lowest BCUT2D eigenvalue weighted by molar-refractivity contribution is -0.871. The quantitative estimate of drug-likeness (QED) is 0.185. The second-order valence-corrected chi connectivity index (χ2v) is 11.9. The van der Waals surface area contributed by atoms with Crippen LogP contribution in [-0.4, -0.2) is 119 Å². The molecule has 0 bridgehead atoms. The highest BCUT2D eigenvalue weighted by Gasteiger charge is 2.41. The average molecular weight is 561 g/mol. The van der Waals surface area contributed by atoms with E-state index in [1.807, 2.05) is 42.3 Å². The summed E-state index contributed by atoms with van der Waals surface area (Å²) in [6, 6.07) is -0.633. The van der Waals surface area contributed by atoms with Crippen molar-refractivity contribution in [3.63, 3.8) is 0 Å². The van der Waals surface area contributed by atoms with Crippen molar-refractivity contribution in [2.24, 2.45) is 0 Å². The number of carbonyl (C=O) groups excluding carboxylic acids is 3. The minimum absolute atomic E-state index is 0.0395. The second-order valence-electron chi connectivity index (χ2n) is 11.9. The van der Waals surface area contributed by atoms with E-state index in [0.717, 1.165) is 14.4 Å². The van der Waals surface area contributed by atoms with Crippen LogP contribution in [0.1, 0.15) is 26.3 Å². The van der Waals surface area contributed by atoms with Gasteiger partial charge in [-0.25, -0.2) is 9.59 Å². The molecule has 4 amide bonds. The van der Waals surface area contributed by atoms with Crippen LogP contribution in [0, 0.1) is 0 Å². The van der Waals surface area contributed by atoms with Crippen LogP contribution >= 0.6 is 0 Å². The monoisotopic (exact) mass is 560 g/mol. The summed E-state index contributed by atoms with van der Waals surface area (Å²) in [4.78, 5) is 66.6. The van der Waals surface area contributed by atoms with E-state index >= 15 is 0 Å². The molecule has 1 aromatic heterocycles. The van der Waals surface area contributed by atoms with Crippen molar-refractivity contribution in [1.82, 2.24) is 18.9 Å². The Bertz CT molecular complexity index is 1370. The zero-order valence-electron chi connectivity index (χ0n) is 25.2. The number of amides is 4. The normalized spacial score (nSPS) is 16.7. The lowest BCUT2D eigenvalue weighted by Crippen LogP contribution is -2.58. The number of quaternary nitrogens is 2. The maximum atomic E-state index is 13.1. The molecule has 2 heterocycles. The minimum Gasteiger partial charge on any atom is -0.494 e. The Morgan fingerprint density at radius 2 is 1.35 bits per heavy atom. The van der Waals surface area contributed by atoms with E-state index in [1.54, 1.807) is 26.8 Å². The molecule has 0 saturated carbocycles. The standard InChI is InChI=1S/C28H43N6O6/c1-10-29-23(35)21(25(37)31(27(29)39)16-18-33(4,5)6)14-12-20(3)13-15-22-24(36)30(11-2)28(40)32(26(22)38)17-19-34(7,8)9/h12-15H,10-11,16-19H2,1-9H3/q+1/p+1. The van der Waals surface area contributed by atoms with Gasteiger partial charge in [0, 0.05) is 13.1 Å². The second kappa shape index (κ2) is 12.6. The first kappa shape index (κ1) is 32.4. The maximum absolute atomic E-state index is 13.1. The largest absolute Gasteiger partial charge is 0.494 e. The zero-order valence-corrected chi connectivity index (χ0v) is 25.2. The molecule has 1 fully saturated rings. The van der Waals surface area contributed by atoms with E-state index in [4.69, 9.17) is 0 Å². The van der Waals surface area contributed by atoms with Gasteiger partial charge in [0.1, 0.15) is 11.1 Å². The topological polar surface area (TPSA) is 122 Å². The van der Waals surface area contributed by atoms with Gasteiger partial charge in [0.2, 0.25) is 5.88 Å². The number of urea groups is 1. The third-order valence-electron chi connectivity index (χ3n) is 6.49. The number of allylic oxidation sites excluding steroid dienone is 4. The van der Waals surface area contributed by atoms with Crippen molar-refractivity contribution >= 4 is 23.9 Å². The van der Waals surface area contributed by atoms with E-state index in [9.17, 15) is 29.1 Å². The van der Waals surface area contributed by atoms with E-state index < -0.39 is 35.0 Å². The van der Waals surface area contributed by atoms with E-state index in [0.29, 0.717) is 27.6 Å². The third kappa shape index (κ3) is 7.66. The van der Waals surface area contributed by atoms with Crippen LogP contribution in [0.15, 0.2) is 39.0 Å². The predicted octanol–water partition coefficient (Wildman–Crippen LogP) is 0.845. The summed E-state index contributed by atoms with van der Waals surface area (Å²) >= 11 is 0. The highest BCUT2D eigenvalue weighted by molar-refractivity contribution is 6.28. The van der Waals surface area contributed by atoms with E-state index in [1.165, 1.54) is 22.8 Å². The van der Waals surface area contributed by atoms with Crippen molar-refractivity contribution in [1.29, 1.82) is 0 Å². The molecule has 1 aliphatic rings. The van der Waals surface area contributed by atoms with Crippen molar-refractivity contribution < 1.29 is 28.5 Å². The number of hydrogen-bond acceptors (Lipinski definition) is 6. The van der Waals surface area contributed by atoms with Gasteiger partial charge in [-0.1, -0.05) is 17.7 Å². The van der Waals surface area contributed by atoms with Gasteiger partial charge in [-0.3, -0.25) is 33.3 Å². The highest BCUT2D eigenvalue weighted by Crippen LogP contribution is 2.19. The summed E-state index contributed by atoms with van der Waals surface area (Å²) in [6.07, 6.45) is 5.87. The van der Waals surface area contributed by atoms with Gasteiger partial charge < -0.3 is 14.1 Å². The van der Waals surface area contributed by atoms with Crippen LogP contribution in [0.25, 0.3) is 6.08 Å². The fraction of sp³-hybridized carbons (Fsp3) is 0.536. The van der Waals surface area contributed by atoms with Gasteiger partial charge in [0.05, 0.1) is 68.5 Å². The van der Waals surface area contributed by atoms with E-state index in [-0.39, 0.29) is 37.3 Å². The van der Waals surface area contributed by atoms with Gasteiger partial charge in [0.25, 0.3) is 17.4 Å². The number of barbiturate groups is 1. The van der Waals surface area contributed by atoms with Crippen LogP contribution in [-0.2, 0) is 22.7 Å². The summed E-state index contributed by atoms with van der Waals surface area (Å²) in [5.74, 6) is -1.74. The molecule has 12 nitrogen and oxygen atoms in total. The summed E-state index contributed by atoms with van der Waals surface area (Å²) < 4.78 is 3.35. The van der Waals surface area contributed by atoms with Gasteiger partial charge >= 0.3 is 11.7 Å². The number of imide groups is 2. The van der Waals surface area contributed by atoms with E-state index in [2.05, 4.69) is 0 Å². The van der Waals surface area contributed by atoms with Gasteiger partial charge in [-0.05, 0) is 32.9 Å². The summed E-state index contributed by atoms with van der Waals surface area (Å²) in [6.45, 7) is 6.77. The molecule has 12 heteroatoms. The molecule has 0 spiro atoms. The van der Waals surface area contributed by atoms with Crippen LogP contribution in [0.4, 0.5) is 4.79 Å². The molecule has 1 aromatic rings. The first-order valence-corrected chi connectivity index (χ1v) is 13.3. The summed E-state index contributed by atoms with van der Waals surface area (Å²) in [5, 5.41) is 10.8. The number of rotatable bonds is 11. The molecule has 220 valence electrons. The van der Waals surface area contributed by atoms with Crippen molar-refractivity contribution in [3.8, 4) is 5.88 Å². The molecule has 0 radical (unpaired) electrons. The smallest absolute Gasteiger partial charge is 0.334 e. The van der Waals surface area contributed by atoms with Crippen LogP contribution in [0.5, 0.6) is 5.88 Å². The lowest BCUT2D eigenvalue weighted by Gasteiger charge is -2.34. The Hall–Kier alpha value is -3.77. The minimum atomic E-state index is -0.667. The molecule has 0 aliphatic carbocycles. The molecule has 0 atom stereocenters. The number of aromatic nitrogens is 2. The first-order valence-electron chi connectivity index (χ1n) is 13.3.